The Bertz CT molecular complexity index is 101. The number of aliphatic hydroxyl groups excluding tert-OH is 1. The molecule has 0 bridgehead atoms. The molecule has 1 aliphatic carbocycles. The largest absolute Gasteiger partial charge is 0.388 e. The van der Waals surface area contributed by atoms with E-state index in [4.69, 9.17) is 5.11 Å². The van der Waals surface area contributed by atoms with Crippen LogP contribution in [0.25, 0.3) is 0 Å². The van der Waals surface area contributed by atoms with Gasteiger partial charge in [-0.15, -0.1) is 0 Å². The molecule has 0 heterocycles. The average molecular weight is 224 g/mol. The Labute approximate surface area is 62.9 Å². The number of rotatable bonds is 0. The third-order valence-electron chi connectivity index (χ3n) is 1.31. The molecule has 0 aliphatic heterocycles. The highest BCUT2D eigenvalue weighted by atomic mass is 127. The molecule has 8 heavy (non-hydrogen) atoms. The van der Waals surface area contributed by atoms with Gasteiger partial charge >= 0.3 is 0 Å². The fourth-order valence-electron chi connectivity index (χ4n) is 0.782. The van der Waals surface area contributed by atoms with Crippen molar-refractivity contribution in [1.29, 1.82) is 0 Å². The van der Waals surface area contributed by atoms with Gasteiger partial charge in [0.05, 0.1) is 6.10 Å². The molecule has 1 N–H and O–H groups in total. The molecule has 0 fully saturated rings. The van der Waals surface area contributed by atoms with Crippen molar-refractivity contribution >= 4 is 22.6 Å². The average Bonchev–Trinajstić information content (AvgIpc) is 1.77. The molecule has 2 atom stereocenters. The molecule has 0 aromatic rings. The summed E-state index contributed by atoms with van der Waals surface area (Å²) in [6.45, 7) is 0. The van der Waals surface area contributed by atoms with Gasteiger partial charge < -0.3 is 5.11 Å². The van der Waals surface area contributed by atoms with Crippen molar-refractivity contribution in [2.75, 3.05) is 0 Å². The number of aliphatic hydroxyl groups is 1. The van der Waals surface area contributed by atoms with E-state index in [1.807, 2.05) is 12.2 Å². The smallest absolute Gasteiger partial charge is 0.0838 e. The van der Waals surface area contributed by atoms with Gasteiger partial charge in [-0.3, -0.25) is 0 Å². The molecule has 2 heteroatoms. The van der Waals surface area contributed by atoms with Crippen molar-refractivity contribution in [3.05, 3.63) is 12.2 Å². The van der Waals surface area contributed by atoms with Crippen molar-refractivity contribution in [1.82, 2.24) is 0 Å². The van der Waals surface area contributed by atoms with Gasteiger partial charge in [0.1, 0.15) is 0 Å². The maximum absolute atomic E-state index is 9.08. The molecule has 1 rings (SSSR count). The summed E-state index contributed by atoms with van der Waals surface area (Å²) in [5.74, 6) is 0. The Morgan fingerprint density at radius 3 is 2.75 bits per heavy atom. The summed E-state index contributed by atoms with van der Waals surface area (Å²) in [6, 6.07) is 0. The summed E-state index contributed by atoms with van der Waals surface area (Å²) in [4.78, 5) is 0. The first kappa shape index (κ1) is 6.55. The van der Waals surface area contributed by atoms with Crippen LogP contribution in [-0.2, 0) is 0 Å². The van der Waals surface area contributed by atoms with E-state index < -0.39 is 0 Å². The van der Waals surface area contributed by atoms with Crippen LogP contribution in [-0.4, -0.2) is 15.1 Å². The van der Waals surface area contributed by atoms with E-state index in [0.29, 0.717) is 3.92 Å². The first-order valence-electron chi connectivity index (χ1n) is 2.79. The minimum Gasteiger partial charge on any atom is -0.388 e. The van der Waals surface area contributed by atoms with E-state index in [1.54, 1.807) is 0 Å². The second-order valence-corrected chi connectivity index (χ2v) is 3.61. The highest BCUT2D eigenvalue weighted by Gasteiger charge is 2.14. The molecule has 1 nitrogen and oxygen atoms in total. The molecule has 0 spiro atoms. The van der Waals surface area contributed by atoms with Crippen LogP contribution in [0, 0.1) is 0 Å². The molecule has 0 saturated carbocycles. The number of hydrogen-bond donors (Lipinski definition) is 1. The molecule has 1 aliphatic rings. The van der Waals surface area contributed by atoms with Crippen LogP contribution in [0.4, 0.5) is 0 Å². The zero-order valence-electron chi connectivity index (χ0n) is 4.55. The Morgan fingerprint density at radius 1 is 1.62 bits per heavy atom. The zero-order valence-corrected chi connectivity index (χ0v) is 6.71. The van der Waals surface area contributed by atoms with Crippen LogP contribution in [0.15, 0.2) is 12.2 Å². The summed E-state index contributed by atoms with van der Waals surface area (Å²) >= 11 is 2.28. The van der Waals surface area contributed by atoms with E-state index in [0.717, 1.165) is 12.8 Å². The van der Waals surface area contributed by atoms with Gasteiger partial charge in [-0.1, -0.05) is 34.7 Å². The molecule has 0 unspecified atom stereocenters. The standard InChI is InChI=1S/C6H9IO/c7-5-3-1-2-4-6(5)8/h2,4-6,8H,1,3H2/t5-,6-/m1/s1. The monoisotopic (exact) mass is 224 g/mol. The van der Waals surface area contributed by atoms with Crippen molar-refractivity contribution in [2.45, 2.75) is 22.9 Å². The van der Waals surface area contributed by atoms with Gasteiger partial charge in [0.2, 0.25) is 0 Å². The van der Waals surface area contributed by atoms with E-state index in [1.165, 1.54) is 0 Å². The normalized spacial score (nSPS) is 37.8. The maximum atomic E-state index is 9.08. The van der Waals surface area contributed by atoms with Crippen molar-refractivity contribution in [3.8, 4) is 0 Å². The van der Waals surface area contributed by atoms with E-state index in [2.05, 4.69) is 22.6 Å². The van der Waals surface area contributed by atoms with Crippen LogP contribution < -0.4 is 0 Å². The van der Waals surface area contributed by atoms with Gasteiger partial charge in [0, 0.05) is 3.92 Å². The van der Waals surface area contributed by atoms with Crippen molar-refractivity contribution in [3.63, 3.8) is 0 Å². The van der Waals surface area contributed by atoms with Crippen LogP contribution in [0.3, 0.4) is 0 Å². The summed E-state index contributed by atoms with van der Waals surface area (Å²) in [5.41, 5.74) is 0. The Morgan fingerprint density at radius 2 is 2.38 bits per heavy atom. The lowest BCUT2D eigenvalue weighted by Crippen LogP contribution is -2.19. The van der Waals surface area contributed by atoms with Crippen LogP contribution in [0.5, 0.6) is 0 Å². The summed E-state index contributed by atoms with van der Waals surface area (Å²) < 4.78 is 0.442. The van der Waals surface area contributed by atoms with Crippen LogP contribution >= 0.6 is 22.6 Å². The minimum atomic E-state index is -0.190. The molecular weight excluding hydrogens is 215 g/mol. The zero-order chi connectivity index (χ0) is 5.98. The third kappa shape index (κ3) is 1.45. The first-order chi connectivity index (χ1) is 3.80. The first-order valence-corrected chi connectivity index (χ1v) is 4.04. The van der Waals surface area contributed by atoms with E-state index >= 15 is 0 Å². The lowest BCUT2D eigenvalue weighted by molar-refractivity contribution is 0.216. The van der Waals surface area contributed by atoms with E-state index in [9.17, 15) is 0 Å². The lowest BCUT2D eigenvalue weighted by Gasteiger charge is -2.16. The lowest BCUT2D eigenvalue weighted by atomic mass is 10.1. The number of alkyl halides is 1. The van der Waals surface area contributed by atoms with Crippen LogP contribution in [0.2, 0.25) is 0 Å². The topological polar surface area (TPSA) is 20.2 Å². The maximum Gasteiger partial charge on any atom is 0.0838 e. The Kier molecular flexibility index (Phi) is 2.31. The van der Waals surface area contributed by atoms with Gasteiger partial charge in [-0.05, 0) is 12.8 Å². The summed E-state index contributed by atoms with van der Waals surface area (Å²) in [7, 11) is 0. The van der Waals surface area contributed by atoms with Gasteiger partial charge in [-0.2, -0.15) is 0 Å². The Hall–Kier alpha value is 0.430. The summed E-state index contributed by atoms with van der Waals surface area (Å²) in [5, 5.41) is 9.08. The molecule has 0 radical (unpaired) electrons. The second-order valence-electron chi connectivity index (χ2n) is 2.01. The van der Waals surface area contributed by atoms with Gasteiger partial charge in [-0.25, -0.2) is 0 Å². The third-order valence-corrected chi connectivity index (χ3v) is 2.67. The molecule has 0 aromatic heterocycles. The molecule has 0 aromatic carbocycles. The summed E-state index contributed by atoms with van der Waals surface area (Å²) in [6.07, 6.45) is 5.98. The highest BCUT2D eigenvalue weighted by Crippen LogP contribution is 2.18. The molecule has 46 valence electrons. The predicted molar refractivity (Wildman–Crippen MR) is 42.2 cm³/mol. The molecule has 0 saturated heterocycles. The van der Waals surface area contributed by atoms with Crippen molar-refractivity contribution in [2.24, 2.45) is 0 Å². The minimum absolute atomic E-state index is 0.190. The molecular formula is C6H9IO. The van der Waals surface area contributed by atoms with E-state index in [-0.39, 0.29) is 6.10 Å². The van der Waals surface area contributed by atoms with Crippen LogP contribution in [0.1, 0.15) is 12.8 Å². The second kappa shape index (κ2) is 2.82. The fourth-order valence-corrected chi connectivity index (χ4v) is 1.38. The highest BCUT2D eigenvalue weighted by molar-refractivity contribution is 14.1. The van der Waals surface area contributed by atoms with Crippen molar-refractivity contribution < 1.29 is 5.11 Å². The number of allylic oxidation sites excluding steroid dienone is 1. The predicted octanol–water partition coefficient (Wildman–Crippen LogP) is 1.50. The fraction of sp³-hybridized carbons (Fsp3) is 0.667. The Balaban J connectivity index is 2.47. The molecule has 0 amide bonds. The van der Waals surface area contributed by atoms with Gasteiger partial charge in [0.15, 0.2) is 0 Å². The number of hydrogen-bond acceptors (Lipinski definition) is 1. The SMILES string of the molecule is O[C@@H]1C=CCC[C@H]1I. The number of halogens is 1. The quantitative estimate of drug-likeness (QED) is 0.375. The van der Waals surface area contributed by atoms with Gasteiger partial charge in [0.25, 0.3) is 0 Å².